The SMILES string of the molecule is CC(C1CCC2OC2C1)[Si](C)(C)O. The Morgan fingerprint density at radius 3 is 2.54 bits per heavy atom. The summed E-state index contributed by atoms with van der Waals surface area (Å²) in [5, 5.41) is 0. The van der Waals surface area contributed by atoms with Crippen molar-refractivity contribution in [3.63, 3.8) is 0 Å². The van der Waals surface area contributed by atoms with Crippen LogP contribution in [0.5, 0.6) is 0 Å². The second-order valence-electron chi connectivity index (χ2n) is 5.23. The molecule has 76 valence electrons. The first kappa shape index (κ1) is 9.68. The number of fused-ring (bicyclic) bond motifs is 1. The molecule has 13 heavy (non-hydrogen) atoms. The van der Waals surface area contributed by atoms with E-state index in [-0.39, 0.29) is 0 Å². The molecule has 0 aromatic heterocycles. The van der Waals surface area contributed by atoms with Crippen LogP contribution in [0.2, 0.25) is 18.6 Å². The average Bonchev–Trinajstić information content (AvgIpc) is 2.78. The zero-order valence-corrected chi connectivity index (χ0v) is 9.79. The first-order valence-electron chi connectivity index (χ1n) is 5.36. The summed E-state index contributed by atoms with van der Waals surface area (Å²) in [6, 6.07) is 0. The number of rotatable bonds is 2. The van der Waals surface area contributed by atoms with E-state index in [1.54, 1.807) is 0 Å². The van der Waals surface area contributed by atoms with E-state index in [4.69, 9.17) is 4.74 Å². The predicted octanol–water partition coefficient (Wildman–Crippen LogP) is 2.14. The van der Waals surface area contributed by atoms with Crippen LogP contribution in [-0.4, -0.2) is 25.3 Å². The Morgan fingerprint density at radius 2 is 2.00 bits per heavy atom. The van der Waals surface area contributed by atoms with Gasteiger partial charge in [-0.05, 0) is 43.8 Å². The van der Waals surface area contributed by atoms with Gasteiger partial charge in [-0.25, -0.2) is 0 Å². The minimum Gasteiger partial charge on any atom is -0.432 e. The highest BCUT2D eigenvalue weighted by Gasteiger charge is 2.47. The molecule has 1 heterocycles. The lowest BCUT2D eigenvalue weighted by Crippen LogP contribution is -2.36. The topological polar surface area (TPSA) is 32.8 Å². The summed E-state index contributed by atoms with van der Waals surface area (Å²) in [7, 11) is -1.91. The Morgan fingerprint density at radius 1 is 1.31 bits per heavy atom. The van der Waals surface area contributed by atoms with Gasteiger partial charge in [0.05, 0.1) is 12.2 Å². The van der Waals surface area contributed by atoms with E-state index in [1.165, 1.54) is 19.3 Å². The summed E-state index contributed by atoms with van der Waals surface area (Å²) in [5.41, 5.74) is 0.526. The van der Waals surface area contributed by atoms with Crippen molar-refractivity contribution in [1.82, 2.24) is 0 Å². The maximum atomic E-state index is 10.0. The van der Waals surface area contributed by atoms with Gasteiger partial charge in [0.15, 0.2) is 8.32 Å². The lowest BCUT2D eigenvalue weighted by Gasteiger charge is -2.32. The largest absolute Gasteiger partial charge is 0.432 e. The van der Waals surface area contributed by atoms with Gasteiger partial charge in [0, 0.05) is 0 Å². The summed E-state index contributed by atoms with van der Waals surface area (Å²) in [6.07, 6.45) is 4.83. The highest BCUT2D eigenvalue weighted by atomic mass is 28.4. The fourth-order valence-corrected chi connectivity index (χ4v) is 3.92. The molecule has 0 aromatic rings. The van der Waals surface area contributed by atoms with Crippen LogP contribution < -0.4 is 0 Å². The van der Waals surface area contributed by atoms with E-state index in [9.17, 15) is 4.80 Å². The molecular formula is C10H20O2Si. The standard InChI is InChI=1S/C10H20O2Si/c1-7(13(2,3)11)8-4-5-9-10(6-8)12-9/h7-11H,4-6H2,1-3H3. The molecule has 1 saturated carbocycles. The molecule has 0 spiro atoms. The van der Waals surface area contributed by atoms with Crippen LogP contribution in [0.3, 0.4) is 0 Å². The maximum Gasteiger partial charge on any atom is 0.185 e. The molecule has 1 aliphatic heterocycles. The number of hydrogen-bond acceptors (Lipinski definition) is 2. The Kier molecular flexibility index (Phi) is 2.29. The predicted molar refractivity (Wildman–Crippen MR) is 55.1 cm³/mol. The van der Waals surface area contributed by atoms with Crippen molar-refractivity contribution in [2.75, 3.05) is 0 Å². The highest BCUT2D eigenvalue weighted by Crippen LogP contribution is 2.45. The summed E-state index contributed by atoms with van der Waals surface area (Å²) in [4.78, 5) is 10.0. The first-order valence-corrected chi connectivity index (χ1v) is 8.39. The summed E-state index contributed by atoms with van der Waals surface area (Å²) >= 11 is 0. The van der Waals surface area contributed by atoms with Crippen molar-refractivity contribution < 1.29 is 9.53 Å². The third kappa shape index (κ3) is 1.97. The smallest absolute Gasteiger partial charge is 0.185 e. The molecule has 0 amide bonds. The highest BCUT2D eigenvalue weighted by molar-refractivity contribution is 6.71. The Hall–Kier alpha value is 0.137. The molecule has 0 radical (unpaired) electrons. The summed E-state index contributed by atoms with van der Waals surface area (Å²) < 4.78 is 5.50. The zero-order valence-electron chi connectivity index (χ0n) is 8.79. The normalized spacial score (nSPS) is 41.1. The van der Waals surface area contributed by atoms with Crippen LogP contribution in [0.1, 0.15) is 26.2 Å². The van der Waals surface area contributed by atoms with Crippen molar-refractivity contribution in [2.24, 2.45) is 5.92 Å². The first-order chi connectivity index (χ1) is 5.98. The van der Waals surface area contributed by atoms with E-state index >= 15 is 0 Å². The van der Waals surface area contributed by atoms with Crippen molar-refractivity contribution in [3.05, 3.63) is 0 Å². The van der Waals surface area contributed by atoms with E-state index < -0.39 is 8.32 Å². The molecule has 2 rings (SSSR count). The number of ether oxygens (including phenoxy) is 1. The average molecular weight is 200 g/mol. The Bertz CT molecular complexity index is 200. The van der Waals surface area contributed by atoms with Crippen molar-refractivity contribution in [1.29, 1.82) is 0 Å². The van der Waals surface area contributed by atoms with Gasteiger partial charge >= 0.3 is 0 Å². The van der Waals surface area contributed by atoms with Crippen LogP contribution in [0, 0.1) is 5.92 Å². The minimum absolute atomic E-state index is 0.526. The van der Waals surface area contributed by atoms with Gasteiger partial charge in [-0.15, -0.1) is 0 Å². The quantitative estimate of drug-likeness (QED) is 0.547. The van der Waals surface area contributed by atoms with Gasteiger partial charge < -0.3 is 9.53 Å². The van der Waals surface area contributed by atoms with Crippen molar-refractivity contribution >= 4 is 8.32 Å². The van der Waals surface area contributed by atoms with Crippen LogP contribution in [0.4, 0.5) is 0 Å². The van der Waals surface area contributed by atoms with Gasteiger partial charge in [0.1, 0.15) is 0 Å². The third-order valence-electron chi connectivity index (χ3n) is 3.87. The lowest BCUT2D eigenvalue weighted by atomic mass is 9.87. The molecule has 1 aliphatic carbocycles. The maximum absolute atomic E-state index is 10.0. The van der Waals surface area contributed by atoms with E-state index in [0.29, 0.717) is 17.7 Å². The molecule has 2 nitrogen and oxygen atoms in total. The summed E-state index contributed by atoms with van der Waals surface area (Å²) in [5.74, 6) is 0.718. The van der Waals surface area contributed by atoms with Gasteiger partial charge in [0.2, 0.25) is 0 Å². The number of epoxide rings is 1. The zero-order chi connectivity index (χ0) is 9.64. The molecule has 4 unspecified atom stereocenters. The van der Waals surface area contributed by atoms with Crippen molar-refractivity contribution in [2.45, 2.75) is 57.0 Å². The molecule has 0 aromatic carbocycles. The van der Waals surface area contributed by atoms with Crippen molar-refractivity contribution in [3.8, 4) is 0 Å². The van der Waals surface area contributed by atoms with Gasteiger partial charge in [-0.3, -0.25) is 0 Å². The van der Waals surface area contributed by atoms with E-state index in [2.05, 4.69) is 20.0 Å². The third-order valence-corrected chi connectivity index (χ3v) is 6.57. The van der Waals surface area contributed by atoms with Gasteiger partial charge in [0.25, 0.3) is 0 Å². The van der Waals surface area contributed by atoms with Crippen LogP contribution >= 0.6 is 0 Å². The molecule has 3 heteroatoms. The molecule has 1 N–H and O–H groups in total. The summed E-state index contributed by atoms with van der Waals surface area (Å²) in [6.45, 7) is 6.33. The molecule has 4 atom stereocenters. The molecule has 0 bridgehead atoms. The fraction of sp³-hybridized carbons (Fsp3) is 1.00. The minimum atomic E-state index is -1.91. The van der Waals surface area contributed by atoms with E-state index in [1.807, 2.05) is 0 Å². The number of hydrogen-bond donors (Lipinski definition) is 1. The molecular weight excluding hydrogens is 180 g/mol. The van der Waals surface area contributed by atoms with Crippen LogP contribution in [0.15, 0.2) is 0 Å². The second-order valence-corrected chi connectivity index (χ2v) is 9.45. The second kappa shape index (κ2) is 3.07. The van der Waals surface area contributed by atoms with Crippen LogP contribution in [-0.2, 0) is 4.74 Å². The molecule has 2 aliphatic rings. The molecule has 2 fully saturated rings. The molecule has 1 saturated heterocycles. The monoisotopic (exact) mass is 200 g/mol. The van der Waals surface area contributed by atoms with Gasteiger partial charge in [-0.2, -0.15) is 0 Å². The van der Waals surface area contributed by atoms with Crippen LogP contribution in [0.25, 0.3) is 0 Å². The Labute approximate surface area is 81.4 Å². The fourth-order valence-electron chi connectivity index (χ4n) is 2.47. The lowest BCUT2D eigenvalue weighted by molar-refractivity contribution is 0.343. The van der Waals surface area contributed by atoms with Gasteiger partial charge in [-0.1, -0.05) is 6.92 Å². The van der Waals surface area contributed by atoms with E-state index in [0.717, 1.165) is 5.92 Å². The Balaban J connectivity index is 1.92.